The van der Waals surface area contributed by atoms with Gasteiger partial charge in [0.05, 0.1) is 18.8 Å². The average molecular weight is 356 g/mol. The van der Waals surface area contributed by atoms with Crippen molar-refractivity contribution in [2.45, 2.75) is 19.4 Å². The molecule has 3 rings (SSSR count). The number of morpholine rings is 1. The Morgan fingerprint density at radius 3 is 2.54 bits per heavy atom. The monoisotopic (exact) mass is 356 g/mol. The maximum Gasteiger partial charge on any atom is 0.255 e. The highest BCUT2D eigenvalue weighted by Crippen LogP contribution is 2.23. The highest BCUT2D eigenvalue weighted by atomic mass is 19.1. The zero-order valence-corrected chi connectivity index (χ0v) is 14.8. The molecule has 1 aliphatic rings. The van der Waals surface area contributed by atoms with Gasteiger partial charge >= 0.3 is 0 Å². The van der Waals surface area contributed by atoms with Crippen LogP contribution < -0.4 is 5.32 Å². The molecule has 0 aliphatic carbocycles. The fourth-order valence-electron chi connectivity index (χ4n) is 2.93. The molecular formula is C20H21FN2O3. The summed E-state index contributed by atoms with van der Waals surface area (Å²) in [5.41, 5.74) is 0.966. The van der Waals surface area contributed by atoms with Crippen molar-refractivity contribution in [3.05, 3.63) is 65.5 Å². The largest absolute Gasteiger partial charge is 0.377 e. The Morgan fingerprint density at radius 1 is 1.12 bits per heavy atom. The number of halogens is 1. The zero-order chi connectivity index (χ0) is 18.7. The van der Waals surface area contributed by atoms with E-state index < -0.39 is 5.82 Å². The third kappa shape index (κ3) is 3.91. The molecular weight excluding hydrogens is 335 g/mol. The number of nitrogens with one attached hydrogen (secondary N) is 1. The van der Waals surface area contributed by atoms with Crippen LogP contribution in [0.15, 0.2) is 48.5 Å². The summed E-state index contributed by atoms with van der Waals surface area (Å²) in [4.78, 5) is 26.9. The molecule has 0 radical (unpaired) electrons. The van der Waals surface area contributed by atoms with Gasteiger partial charge in [0.1, 0.15) is 5.82 Å². The predicted octanol–water partition coefficient (Wildman–Crippen LogP) is 3.33. The second kappa shape index (κ2) is 7.25. The first-order chi connectivity index (χ1) is 12.4. The summed E-state index contributed by atoms with van der Waals surface area (Å²) in [5.74, 6) is -0.861. The van der Waals surface area contributed by atoms with Gasteiger partial charge in [0.25, 0.3) is 11.8 Å². The van der Waals surface area contributed by atoms with Crippen molar-refractivity contribution in [2.24, 2.45) is 0 Å². The number of anilines is 1. The molecule has 2 amide bonds. The van der Waals surface area contributed by atoms with Crippen LogP contribution >= 0.6 is 0 Å². The van der Waals surface area contributed by atoms with Gasteiger partial charge in [-0.25, -0.2) is 4.39 Å². The normalized spacial score (nSPS) is 16.2. The number of benzene rings is 2. The number of carbonyl (C=O) groups excluding carboxylic acids is 2. The van der Waals surface area contributed by atoms with Crippen molar-refractivity contribution < 1.29 is 18.7 Å². The van der Waals surface area contributed by atoms with E-state index in [4.69, 9.17) is 4.74 Å². The van der Waals surface area contributed by atoms with Crippen molar-refractivity contribution in [1.29, 1.82) is 0 Å². The predicted molar refractivity (Wildman–Crippen MR) is 96.7 cm³/mol. The molecule has 1 heterocycles. The molecule has 0 aromatic heterocycles. The van der Waals surface area contributed by atoms with Gasteiger partial charge in [0, 0.05) is 23.4 Å². The van der Waals surface area contributed by atoms with E-state index in [1.54, 1.807) is 29.2 Å². The number of rotatable bonds is 3. The molecule has 6 heteroatoms. The summed E-state index contributed by atoms with van der Waals surface area (Å²) < 4.78 is 18.4. The third-order valence-electron chi connectivity index (χ3n) is 4.36. The summed E-state index contributed by atoms with van der Waals surface area (Å²) in [6, 6.07) is 12.1. The third-order valence-corrected chi connectivity index (χ3v) is 4.36. The number of hydrogen-bond acceptors (Lipinski definition) is 3. The SMILES string of the molecule is CC1(C)COCCN1C(=O)c1cccc(NC(=O)c2ccc(F)cc2)c1. The number of hydrogen-bond donors (Lipinski definition) is 1. The Hall–Kier alpha value is -2.73. The molecule has 2 aromatic carbocycles. The van der Waals surface area contributed by atoms with E-state index >= 15 is 0 Å². The number of ether oxygens (including phenoxy) is 1. The summed E-state index contributed by atoms with van der Waals surface area (Å²) in [6.07, 6.45) is 0. The lowest BCUT2D eigenvalue weighted by Gasteiger charge is -2.42. The quantitative estimate of drug-likeness (QED) is 0.918. The van der Waals surface area contributed by atoms with E-state index in [0.717, 1.165) is 0 Å². The molecule has 0 unspecified atom stereocenters. The van der Waals surface area contributed by atoms with Crippen molar-refractivity contribution in [1.82, 2.24) is 4.90 Å². The van der Waals surface area contributed by atoms with Gasteiger partial charge in [0.2, 0.25) is 0 Å². The van der Waals surface area contributed by atoms with Crippen molar-refractivity contribution >= 4 is 17.5 Å². The average Bonchev–Trinajstić information content (AvgIpc) is 2.61. The Morgan fingerprint density at radius 2 is 1.85 bits per heavy atom. The fourth-order valence-corrected chi connectivity index (χ4v) is 2.93. The van der Waals surface area contributed by atoms with Gasteiger partial charge < -0.3 is 15.0 Å². The molecule has 5 nitrogen and oxygen atoms in total. The van der Waals surface area contributed by atoms with E-state index in [2.05, 4.69) is 5.32 Å². The van der Waals surface area contributed by atoms with Gasteiger partial charge in [-0.1, -0.05) is 6.07 Å². The van der Waals surface area contributed by atoms with Crippen LogP contribution in [0, 0.1) is 5.82 Å². The number of carbonyl (C=O) groups is 2. The van der Waals surface area contributed by atoms with Crippen LogP contribution in [-0.4, -0.2) is 42.0 Å². The van der Waals surface area contributed by atoms with Gasteiger partial charge in [-0.05, 0) is 56.3 Å². The molecule has 0 saturated carbocycles. The minimum atomic E-state index is -0.401. The highest BCUT2D eigenvalue weighted by Gasteiger charge is 2.34. The van der Waals surface area contributed by atoms with Gasteiger partial charge in [0.15, 0.2) is 0 Å². The topological polar surface area (TPSA) is 58.6 Å². The highest BCUT2D eigenvalue weighted by molar-refractivity contribution is 6.05. The maximum absolute atomic E-state index is 13.0. The molecule has 26 heavy (non-hydrogen) atoms. The van der Waals surface area contributed by atoms with Crippen LogP contribution in [0.25, 0.3) is 0 Å². The zero-order valence-electron chi connectivity index (χ0n) is 14.8. The van der Waals surface area contributed by atoms with Gasteiger partial charge in [-0.15, -0.1) is 0 Å². The summed E-state index contributed by atoms with van der Waals surface area (Å²) in [5, 5.41) is 2.74. The van der Waals surface area contributed by atoms with E-state index in [-0.39, 0.29) is 17.4 Å². The van der Waals surface area contributed by atoms with Gasteiger partial charge in [-0.3, -0.25) is 9.59 Å². The minimum Gasteiger partial charge on any atom is -0.377 e. The van der Waals surface area contributed by atoms with E-state index in [0.29, 0.717) is 36.6 Å². The van der Waals surface area contributed by atoms with Crippen LogP contribution in [0.4, 0.5) is 10.1 Å². The van der Waals surface area contributed by atoms with Crippen molar-refractivity contribution in [3.63, 3.8) is 0 Å². The van der Waals surface area contributed by atoms with Gasteiger partial charge in [-0.2, -0.15) is 0 Å². The Kier molecular flexibility index (Phi) is 5.04. The summed E-state index contributed by atoms with van der Waals surface area (Å²) in [7, 11) is 0. The van der Waals surface area contributed by atoms with Crippen LogP contribution in [0.3, 0.4) is 0 Å². The first-order valence-electron chi connectivity index (χ1n) is 8.43. The summed E-state index contributed by atoms with van der Waals surface area (Å²) in [6.45, 7) is 5.45. The second-order valence-electron chi connectivity index (χ2n) is 6.86. The first kappa shape index (κ1) is 18.1. The molecule has 1 saturated heterocycles. The van der Waals surface area contributed by atoms with Crippen molar-refractivity contribution in [2.75, 3.05) is 25.1 Å². The maximum atomic E-state index is 13.0. The van der Waals surface area contributed by atoms with Crippen LogP contribution in [0.5, 0.6) is 0 Å². The van der Waals surface area contributed by atoms with Crippen LogP contribution in [0.2, 0.25) is 0 Å². The lowest BCUT2D eigenvalue weighted by atomic mass is 10.0. The molecule has 0 bridgehead atoms. The Labute approximate surface area is 151 Å². The first-order valence-corrected chi connectivity index (χ1v) is 8.43. The fraction of sp³-hybridized carbons (Fsp3) is 0.300. The summed E-state index contributed by atoms with van der Waals surface area (Å²) >= 11 is 0. The van der Waals surface area contributed by atoms with E-state index in [1.165, 1.54) is 24.3 Å². The second-order valence-corrected chi connectivity index (χ2v) is 6.86. The molecule has 136 valence electrons. The molecule has 1 aliphatic heterocycles. The van der Waals surface area contributed by atoms with E-state index in [1.807, 2.05) is 13.8 Å². The smallest absolute Gasteiger partial charge is 0.255 e. The molecule has 0 spiro atoms. The van der Waals surface area contributed by atoms with Crippen LogP contribution in [0.1, 0.15) is 34.6 Å². The molecule has 1 N–H and O–H groups in total. The van der Waals surface area contributed by atoms with Crippen molar-refractivity contribution in [3.8, 4) is 0 Å². The Balaban J connectivity index is 1.76. The molecule has 2 aromatic rings. The van der Waals surface area contributed by atoms with E-state index in [9.17, 15) is 14.0 Å². The lowest BCUT2D eigenvalue weighted by molar-refractivity contribution is -0.0370. The number of amides is 2. The minimum absolute atomic E-state index is 0.101. The standard InChI is InChI=1S/C20H21FN2O3/c1-20(2)13-26-11-10-23(20)19(25)15-4-3-5-17(12-15)22-18(24)14-6-8-16(21)9-7-14/h3-9,12H,10-11,13H2,1-2H3,(H,22,24). The molecule has 1 fully saturated rings. The Bertz CT molecular complexity index is 818. The number of nitrogens with zero attached hydrogens (tertiary/aromatic N) is 1. The molecule has 0 atom stereocenters. The van der Waals surface area contributed by atoms with Crippen LogP contribution in [-0.2, 0) is 4.74 Å². The lowest BCUT2D eigenvalue weighted by Crippen LogP contribution is -2.55.